The minimum atomic E-state index is -0.288. The fourth-order valence-electron chi connectivity index (χ4n) is 2.06. The van der Waals surface area contributed by atoms with Crippen LogP contribution in [0, 0.1) is 30.9 Å². The molecule has 0 spiro atoms. The molecule has 0 aromatic heterocycles. The van der Waals surface area contributed by atoms with E-state index in [1.54, 1.807) is 6.92 Å². The number of nitro benzene ring substituents is 1. The maximum atomic E-state index is 11.0. The van der Waals surface area contributed by atoms with Crippen molar-refractivity contribution in [2.45, 2.75) is 27.3 Å². The summed E-state index contributed by atoms with van der Waals surface area (Å²) in [5.41, 5.74) is 3.96. The number of nitrogens with zero attached hydrogens (tertiary/aromatic N) is 2. The third-order valence-electron chi connectivity index (χ3n) is 2.75. The number of benzene rings is 1. The fraction of sp³-hybridized carbons (Fsp3) is 0.500. The lowest BCUT2D eigenvalue weighted by molar-refractivity contribution is -0.386. The Labute approximate surface area is 96.0 Å². The highest BCUT2D eigenvalue weighted by atomic mass is 16.6. The van der Waals surface area contributed by atoms with Gasteiger partial charge in [-0.1, -0.05) is 0 Å². The van der Waals surface area contributed by atoms with E-state index in [1.165, 1.54) is 0 Å². The summed E-state index contributed by atoms with van der Waals surface area (Å²) in [4.78, 5) is 12.7. The Morgan fingerprint density at radius 3 is 2.25 bits per heavy atom. The van der Waals surface area contributed by atoms with E-state index in [1.807, 2.05) is 38.9 Å². The van der Waals surface area contributed by atoms with Crippen LogP contribution in [0.4, 0.5) is 5.69 Å². The molecule has 0 saturated heterocycles. The summed E-state index contributed by atoms with van der Waals surface area (Å²) in [6.07, 6.45) is 0. The van der Waals surface area contributed by atoms with Gasteiger partial charge in [-0.2, -0.15) is 0 Å². The van der Waals surface area contributed by atoms with E-state index >= 15 is 0 Å². The maximum Gasteiger partial charge on any atom is 0.275 e. The molecule has 0 atom stereocenters. The first-order valence-electron chi connectivity index (χ1n) is 5.23. The maximum absolute atomic E-state index is 11.0. The van der Waals surface area contributed by atoms with Crippen LogP contribution in [0.3, 0.4) is 0 Å². The second kappa shape index (κ2) is 4.61. The molecule has 0 heterocycles. The molecule has 0 N–H and O–H groups in total. The lowest BCUT2D eigenvalue weighted by Gasteiger charge is -2.16. The van der Waals surface area contributed by atoms with Gasteiger partial charge in [0.15, 0.2) is 0 Å². The van der Waals surface area contributed by atoms with Crippen molar-refractivity contribution in [3.63, 3.8) is 0 Å². The second-order valence-corrected chi connectivity index (χ2v) is 4.46. The first-order valence-corrected chi connectivity index (χ1v) is 5.23. The summed E-state index contributed by atoms with van der Waals surface area (Å²) in [5.74, 6) is 0. The van der Waals surface area contributed by atoms with E-state index in [0.29, 0.717) is 0 Å². The second-order valence-electron chi connectivity index (χ2n) is 4.46. The molecule has 0 aliphatic heterocycles. The van der Waals surface area contributed by atoms with Crippen LogP contribution in [-0.4, -0.2) is 23.9 Å². The Kier molecular flexibility index (Phi) is 3.65. The minimum Gasteiger partial charge on any atom is -0.305 e. The zero-order chi connectivity index (χ0) is 12.5. The summed E-state index contributed by atoms with van der Waals surface area (Å²) in [7, 11) is 3.93. The number of hydrogen-bond acceptors (Lipinski definition) is 3. The Morgan fingerprint density at radius 1 is 1.25 bits per heavy atom. The van der Waals surface area contributed by atoms with Crippen molar-refractivity contribution in [2.75, 3.05) is 14.1 Å². The molecule has 4 nitrogen and oxygen atoms in total. The molecule has 0 amide bonds. The van der Waals surface area contributed by atoms with Gasteiger partial charge >= 0.3 is 0 Å². The van der Waals surface area contributed by atoms with Gasteiger partial charge in [-0.05, 0) is 52.1 Å². The monoisotopic (exact) mass is 222 g/mol. The molecule has 4 heteroatoms. The first kappa shape index (κ1) is 12.6. The Balaban J connectivity index is 3.39. The highest BCUT2D eigenvalue weighted by Gasteiger charge is 2.19. The van der Waals surface area contributed by atoms with Crippen LogP contribution in [0.2, 0.25) is 0 Å². The predicted molar refractivity (Wildman–Crippen MR) is 64.7 cm³/mol. The molecule has 0 fully saturated rings. The smallest absolute Gasteiger partial charge is 0.275 e. The molecule has 16 heavy (non-hydrogen) atoms. The number of aryl methyl sites for hydroxylation is 2. The third-order valence-corrected chi connectivity index (χ3v) is 2.75. The van der Waals surface area contributed by atoms with Crippen LogP contribution in [0.5, 0.6) is 0 Å². The number of rotatable bonds is 3. The normalized spacial score (nSPS) is 10.9. The molecule has 0 saturated carbocycles. The van der Waals surface area contributed by atoms with E-state index in [9.17, 15) is 10.1 Å². The van der Waals surface area contributed by atoms with Crippen molar-refractivity contribution in [3.05, 3.63) is 38.4 Å². The Morgan fingerprint density at radius 2 is 1.81 bits per heavy atom. The van der Waals surface area contributed by atoms with Gasteiger partial charge in [0.05, 0.1) is 4.92 Å². The molecule has 0 unspecified atom stereocenters. The molecular formula is C12H18N2O2. The third kappa shape index (κ3) is 2.39. The molecule has 0 bridgehead atoms. The van der Waals surface area contributed by atoms with Crippen LogP contribution < -0.4 is 0 Å². The zero-order valence-electron chi connectivity index (χ0n) is 10.5. The van der Waals surface area contributed by atoms with Crippen LogP contribution in [0.25, 0.3) is 0 Å². The van der Waals surface area contributed by atoms with Gasteiger partial charge in [0.25, 0.3) is 5.69 Å². The van der Waals surface area contributed by atoms with Crippen molar-refractivity contribution in [1.82, 2.24) is 4.90 Å². The quantitative estimate of drug-likeness (QED) is 0.583. The van der Waals surface area contributed by atoms with Gasteiger partial charge in [0.1, 0.15) is 0 Å². The predicted octanol–water partition coefficient (Wildman–Crippen LogP) is 2.58. The van der Waals surface area contributed by atoms with Crippen molar-refractivity contribution >= 4 is 5.69 Å². The molecular weight excluding hydrogens is 204 g/mol. The largest absolute Gasteiger partial charge is 0.305 e. The van der Waals surface area contributed by atoms with Gasteiger partial charge < -0.3 is 4.90 Å². The zero-order valence-corrected chi connectivity index (χ0v) is 10.5. The highest BCUT2D eigenvalue weighted by molar-refractivity contribution is 5.53. The average molecular weight is 222 g/mol. The van der Waals surface area contributed by atoms with Gasteiger partial charge in [-0.15, -0.1) is 0 Å². The first-order chi connectivity index (χ1) is 7.34. The minimum absolute atomic E-state index is 0.252. The van der Waals surface area contributed by atoms with Crippen molar-refractivity contribution < 1.29 is 4.92 Å². The number of hydrogen-bond donors (Lipinski definition) is 0. The summed E-state index contributed by atoms with van der Waals surface area (Å²) < 4.78 is 0. The van der Waals surface area contributed by atoms with Crippen LogP contribution in [0.15, 0.2) is 6.07 Å². The summed E-state index contributed by atoms with van der Waals surface area (Å²) in [6.45, 7) is 6.36. The van der Waals surface area contributed by atoms with Crippen molar-refractivity contribution in [3.8, 4) is 0 Å². The summed E-state index contributed by atoms with van der Waals surface area (Å²) >= 11 is 0. The Bertz CT molecular complexity index is 426. The summed E-state index contributed by atoms with van der Waals surface area (Å²) in [6, 6.07) is 1.89. The highest BCUT2D eigenvalue weighted by Crippen LogP contribution is 2.29. The lowest BCUT2D eigenvalue weighted by atomic mass is 9.97. The van der Waals surface area contributed by atoms with Gasteiger partial charge in [0, 0.05) is 17.7 Å². The van der Waals surface area contributed by atoms with E-state index in [0.717, 1.165) is 28.8 Å². The van der Waals surface area contributed by atoms with Crippen LogP contribution in [0.1, 0.15) is 22.3 Å². The average Bonchev–Trinajstić information content (AvgIpc) is 2.10. The molecule has 0 radical (unpaired) electrons. The van der Waals surface area contributed by atoms with Crippen molar-refractivity contribution in [2.24, 2.45) is 0 Å². The lowest BCUT2D eigenvalue weighted by Crippen LogP contribution is -2.14. The number of nitro groups is 1. The van der Waals surface area contributed by atoms with E-state index < -0.39 is 0 Å². The van der Waals surface area contributed by atoms with E-state index in [4.69, 9.17) is 0 Å². The van der Waals surface area contributed by atoms with E-state index in [-0.39, 0.29) is 10.6 Å². The SMILES string of the molecule is Cc1cc(C)c([N+](=O)[O-])c(C)c1CN(C)C. The van der Waals surface area contributed by atoms with Gasteiger partial charge in [-0.3, -0.25) is 10.1 Å². The molecule has 88 valence electrons. The van der Waals surface area contributed by atoms with Crippen LogP contribution >= 0.6 is 0 Å². The fourth-order valence-corrected chi connectivity index (χ4v) is 2.06. The van der Waals surface area contributed by atoms with E-state index in [2.05, 4.69) is 0 Å². The molecule has 0 aliphatic rings. The van der Waals surface area contributed by atoms with Gasteiger partial charge in [0.2, 0.25) is 0 Å². The van der Waals surface area contributed by atoms with Crippen LogP contribution in [-0.2, 0) is 6.54 Å². The molecule has 1 aromatic carbocycles. The standard InChI is InChI=1S/C12H18N2O2/c1-8-6-9(2)12(14(15)16)10(3)11(8)7-13(4)5/h6H,7H2,1-5H3. The molecule has 1 rings (SSSR count). The Hall–Kier alpha value is -1.42. The molecule has 1 aromatic rings. The van der Waals surface area contributed by atoms with Gasteiger partial charge in [-0.25, -0.2) is 0 Å². The summed E-state index contributed by atoms with van der Waals surface area (Å²) in [5, 5.41) is 11.0. The topological polar surface area (TPSA) is 46.4 Å². The van der Waals surface area contributed by atoms with Crippen molar-refractivity contribution in [1.29, 1.82) is 0 Å². The molecule has 0 aliphatic carbocycles.